The van der Waals surface area contributed by atoms with E-state index < -0.39 is 17.5 Å². The summed E-state index contributed by atoms with van der Waals surface area (Å²) in [6.07, 6.45) is 0. The molecule has 0 aliphatic heterocycles. The zero-order valence-electron chi connectivity index (χ0n) is 9.29. The maximum Gasteiger partial charge on any atom is 0.130 e. The predicted octanol–water partition coefficient (Wildman–Crippen LogP) is 3.98. The molecule has 1 nitrogen and oxygen atoms in total. The summed E-state index contributed by atoms with van der Waals surface area (Å²) in [6, 6.07) is 7.47. The van der Waals surface area contributed by atoms with Crippen LogP contribution in [0.1, 0.15) is 5.56 Å². The van der Waals surface area contributed by atoms with Crippen LogP contribution in [-0.4, -0.2) is 0 Å². The van der Waals surface area contributed by atoms with E-state index in [9.17, 15) is 13.2 Å². The molecule has 0 aliphatic carbocycles. The van der Waals surface area contributed by atoms with Crippen LogP contribution in [0.15, 0.2) is 41.3 Å². The Morgan fingerprint density at radius 1 is 0.944 bits per heavy atom. The summed E-state index contributed by atoms with van der Waals surface area (Å²) in [7, 11) is 0. The van der Waals surface area contributed by atoms with E-state index in [1.807, 2.05) is 0 Å². The van der Waals surface area contributed by atoms with E-state index >= 15 is 0 Å². The Morgan fingerprint density at radius 3 is 2.28 bits per heavy atom. The number of thioether (sulfide) groups is 1. The van der Waals surface area contributed by atoms with Crippen LogP contribution >= 0.6 is 11.8 Å². The van der Waals surface area contributed by atoms with Gasteiger partial charge in [-0.05, 0) is 29.8 Å². The van der Waals surface area contributed by atoms with Crippen LogP contribution < -0.4 is 5.73 Å². The van der Waals surface area contributed by atoms with E-state index in [2.05, 4.69) is 0 Å². The van der Waals surface area contributed by atoms with Gasteiger partial charge in [0.15, 0.2) is 0 Å². The van der Waals surface area contributed by atoms with Crippen LogP contribution in [0.3, 0.4) is 0 Å². The van der Waals surface area contributed by atoms with E-state index in [-0.39, 0.29) is 0 Å². The highest BCUT2D eigenvalue weighted by molar-refractivity contribution is 7.98. The number of hydrogen-bond acceptors (Lipinski definition) is 2. The van der Waals surface area contributed by atoms with Crippen molar-refractivity contribution >= 4 is 17.4 Å². The third-order valence-electron chi connectivity index (χ3n) is 2.37. The van der Waals surface area contributed by atoms with E-state index in [1.165, 1.54) is 42.1 Å². The van der Waals surface area contributed by atoms with Crippen molar-refractivity contribution in [3.63, 3.8) is 0 Å². The van der Waals surface area contributed by atoms with Crippen molar-refractivity contribution in [1.29, 1.82) is 0 Å². The summed E-state index contributed by atoms with van der Waals surface area (Å²) < 4.78 is 38.9. The van der Waals surface area contributed by atoms with Crippen LogP contribution in [-0.2, 0) is 5.75 Å². The molecule has 0 radical (unpaired) electrons. The molecular weight excluding hydrogens is 259 g/mol. The third-order valence-corrected chi connectivity index (χ3v) is 3.51. The minimum absolute atomic E-state index is 0.307. The average molecular weight is 269 g/mol. The molecule has 2 N–H and O–H groups in total. The fourth-order valence-electron chi connectivity index (χ4n) is 1.45. The second kappa shape index (κ2) is 5.35. The van der Waals surface area contributed by atoms with Crippen molar-refractivity contribution in [2.24, 2.45) is 0 Å². The lowest BCUT2D eigenvalue weighted by Crippen LogP contribution is -1.92. The molecular formula is C13H10F3NS. The topological polar surface area (TPSA) is 26.0 Å². The fourth-order valence-corrected chi connectivity index (χ4v) is 2.38. The highest BCUT2D eigenvalue weighted by Gasteiger charge is 2.06. The largest absolute Gasteiger partial charge is 0.398 e. The first kappa shape index (κ1) is 12.8. The Balaban J connectivity index is 2.11. The lowest BCUT2D eigenvalue weighted by molar-refractivity contribution is 0.576. The van der Waals surface area contributed by atoms with Gasteiger partial charge in [0.2, 0.25) is 0 Å². The van der Waals surface area contributed by atoms with E-state index in [0.29, 0.717) is 21.9 Å². The molecule has 0 aromatic heterocycles. The zero-order chi connectivity index (χ0) is 13.1. The van der Waals surface area contributed by atoms with Crippen LogP contribution in [0.25, 0.3) is 0 Å². The lowest BCUT2D eigenvalue weighted by atomic mass is 10.2. The molecule has 94 valence electrons. The van der Waals surface area contributed by atoms with E-state index in [4.69, 9.17) is 5.73 Å². The van der Waals surface area contributed by atoms with E-state index in [0.717, 1.165) is 6.07 Å². The smallest absolute Gasteiger partial charge is 0.130 e. The summed E-state index contributed by atoms with van der Waals surface area (Å²) in [5.74, 6) is -1.31. The first-order chi connectivity index (χ1) is 8.56. The predicted molar refractivity (Wildman–Crippen MR) is 66.7 cm³/mol. The summed E-state index contributed by atoms with van der Waals surface area (Å²) >= 11 is 1.27. The van der Waals surface area contributed by atoms with Gasteiger partial charge in [-0.25, -0.2) is 13.2 Å². The molecule has 0 fully saturated rings. The van der Waals surface area contributed by atoms with Gasteiger partial charge in [0.25, 0.3) is 0 Å². The van der Waals surface area contributed by atoms with Gasteiger partial charge < -0.3 is 5.73 Å². The average Bonchev–Trinajstić information content (AvgIpc) is 2.30. The van der Waals surface area contributed by atoms with Crippen LogP contribution in [0.2, 0.25) is 0 Å². The molecule has 0 aliphatic rings. The summed E-state index contributed by atoms with van der Waals surface area (Å²) in [4.78, 5) is 0.667. The van der Waals surface area contributed by atoms with Gasteiger partial charge >= 0.3 is 0 Å². The molecule has 0 unspecified atom stereocenters. The van der Waals surface area contributed by atoms with Crippen molar-refractivity contribution in [3.8, 4) is 0 Å². The normalized spacial score (nSPS) is 10.6. The molecule has 0 spiro atoms. The second-order valence-corrected chi connectivity index (χ2v) is 4.72. The minimum Gasteiger partial charge on any atom is -0.398 e. The van der Waals surface area contributed by atoms with Gasteiger partial charge in [-0.2, -0.15) is 0 Å². The van der Waals surface area contributed by atoms with Crippen molar-refractivity contribution in [2.75, 3.05) is 5.73 Å². The SMILES string of the molecule is Nc1cc(F)ccc1SCc1ccc(F)cc1F. The summed E-state index contributed by atoms with van der Waals surface area (Å²) in [5, 5.41) is 0. The summed E-state index contributed by atoms with van der Waals surface area (Å²) in [6.45, 7) is 0. The second-order valence-electron chi connectivity index (χ2n) is 3.71. The van der Waals surface area contributed by atoms with Gasteiger partial charge in [-0.3, -0.25) is 0 Å². The molecule has 0 bridgehead atoms. The molecule has 2 aromatic rings. The highest BCUT2D eigenvalue weighted by Crippen LogP contribution is 2.29. The van der Waals surface area contributed by atoms with Gasteiger partial charge in [0.1, 0.15) is 17.5 Å². The Bertz CT molecular complexity index is 521. The Hall–Kier alpha value is -1.62. The van der Waals surface area contributed by atoms with Gasteiger partial charge in [0, 0.05) is 22.4 Å². The minimum atomic E-state index is -0.609. The number of hydrogen-bond donors (Lipinski definition) is 1. The fraction of sp³-hybridized carbons (Fsp3) is 0.0769. The van der Waals surface area contributed by atoms with E-state index in [1.54, 1.807) is 0 Å². The molecule has 2 aromatic carbocycles. The van der Waals surface area contributed by atoms with Gasteiger partial charge in [-0.15, -0.1) is 11.8 Å². The summed E-state index contributed by atoms with van der Waals surface area (Å²) in [5.41, 5.74) is 6.32. The van der Waals surface area contributed by atoms with Crippen molar-refractivity contribution < 1.29 is 13.2 Å². The molecule has 0 heterocycles. The molecule has 2 rings (SSSR count). The first-order valence-corrected chi connectivity index (χ1v) is 6.16. The standard InChI is InChI=1S/C13H10F3NS/c14-9-2-1-8(11(16)5-9)7-18-13-4-3-10(15)6-12(13)17/h1-6H,7,17H2. The molecule has 0 saturated carbocycles. The van der Waals surface area contributed by atoms with Crippen LogP contribution in [0, 0.1) is 17.5 Å². The van der Waals surface area contributed by atoms with Crippen LogP contribution in [0.5, 0.6) is 0 Å². The lowest BCUT2D eigenvalue weighted by Gasteiger charge is -2.06. The number of anilines is 1. The number of rotatable bonds is 3. The zero-order valence-corrected chi connectivity index (χ0v) is 10.1. The van der Waals surface area contributed by atoms with Gasteiger partial charge in [-0.1, -0.05) is 6.07 Å². The molecule has 0 amide bonds. The molecule has 0 saturated heterocycles. The van der Waals surface area contributed by atoms with Crippen molar-refractivity contribution in [2.45, 2.75) is 10.6 Å². The first-order valence-electron chi connectivity index (χ1n) is 5.18. The number of nitrogens with two attached hydrogens (primary N) is 1. The van der Waals surface area contributed by atoms with Gasteiger partial charge in [0.05, 0.1) is 0 Å². The molecule has 5 heteroatoms. The highest BCUT2D eigenvalue weighted by atomic mass is 32.2. The van der Waals surface area contributed by atoms with Crippen molar-refractivity contribution in [3.05, 3.63) is 59.4 Å². The molecule has 0 atom stereocenters. The quantitative estimate of drug-likeness (QED) is 0.673. The maximum atomic E-state index is 13.4. The Kier molecular flexibility index (Phi) is 3.81. The number of benzene rings is 2. The molecule has 18 heavy (non-hydrogen) atoms. The van der Waals surface area contributed by atoms with Crippen LogP contribution in [0.4, 0.5) is 18.9 Å². The maximum absolute atomic E-state index is 13.4. The third kappa shape index (κ3) is 2.98. The Labute approximate surface area is 107 Å². The Morgan fingerprint density at radius 2 is 1.61 bits per heavy atom. The number of halogens is 3. The van der Waals surface area contributed by atoms with Crippen molar-refractivity contribution in [1.82, 2.24) is 0 Å². The number of nitrogen functional groups attached to an aromatic ring is 1. The monoisotopic (exact) mass is 269 g/mol.